The van der Waals surface area contributed by atoms with Gasteiger partial charge in [0, 0.05) is 6.42 Å². The van der Waals surface area contributed by atoms with E-state index in [2.05, 4.69) is 10.2 Å². The molecule has 1 aliphatic rings. The zero-order valence-corrected chi connectivity index (χ0v) is 10.00. The minimum Gasteiger partial charge on any atom is -0.874 e. The van der Waals surface area contributed by atoms with Crippen LogP contribution < -0.4 is 5.11 Å². The molecule has 0 amide bonds. The van der Waals surface area contributed by atoms with Gasteiger partial charge in [0.1, 0.15) is 11.4 Å². The van der Waals surface area contributed by atoms with Gasteiger partial charge in [-0.1, -0.05) is 12.1 Å². The fourth-order valence-corrected chi connectivity index (χ4v) is 1.76. The second kappa shape index (κ2) is 5.43. The molecule has 0 radical (unpaired) electrons. The molecule has 0 saturated carbocycles. The topological polar surface area (TPSA) is 102 Å². The summed E-state index contributed by atoms with van der Waals surface area (Å²) >= 11 is 0. The molecule has 0 saturated heterocycles. The van der Waals surface area contributed by atoms with E-state index < -0.39 is 5.97 Å². The van der Waals surface area contributed by atoms with E-state index in [9.17, 15) is 14.7 Å². The smallest absolute Gasteiger partial charge is 0.337 e. The van der Waals surface area contributed by atoms with Crippen LogP contribution in [0.3, 0.4) is 0 Å². The number of rotatable bonds is 3. The van der Waals surface area contributed by atoms with E-state index in [0.29, 0.717) is 6.42 Å². The molecule has 1 aromatic rings. The number of hydrogen-bond donors (Lipinski definition) is 1. The molecule has 0 spiro atoms. The Bertz CT molecular complexity index is 590. The van der Waals surface area contributed by atoms with E-state index in [1.54, 1.807) is 12.1 Å². The molecular weight excluding hydrogens is 248 g/mol. The highest BCUT2D eigenvalue weighted by Crippen LogP contribution is 2.23. The summed E-state index contributed by atoms with van der Waals surface area (Å²) < 4.78 is 0. The number of aromatic carboxylic acids is 1. The Morgan fingerprint density at radius 2 is 1.95 bits per heavy atom. The van der Waals surface area contributed by atoms with E-state index in [1.807, 2.05) is 0 Å². The van der Waals surface area contributed by atoms with Crippen LogP contribution in [0.25, 0.3) is 0 Å². The Morgan fingerprint density at radius 3 is 2.63 bits per heavy atom. The third-order valence-electron chi connectivity index (χ3n) is 2.73. The Balaban J connectivity index is 2.33. The molecule has 6 nitrogen and oxygen atoms in total. The third-order valence-corrected chi connectivity index (χ3v) is 2.73. The molecule has 0 aliphatic heterocycles. The number of hydrogen-bond acceptors (Lipinski definition) is 5. The normalized spacial score (nSPS) is 16.1. The van der Waals surface area contributed by atoms with Crippen molar-refractivity contribution in [3.63, 3.8) is 0 Å². The number of benzene rings is 1. The Hall–Kier alpha value is -2.50. The Labute approximate surface area is 109 Å². The second-order valence-corrected chi connectivity index (χ2v) is 4.07. The molecule has 2 rings (SSSR count). The summed E-state index contributed by atoms with van der Waals surface area (Å²) in [5.74, 6) is -1.82. The zero-order chi connectivity index (χ0) is 13.8. The van der Waals surface area contributed by atoms with Crippen LogP contribution in [0.1, 0.15) is 29.6 Å². The van der Waals surface area contributed by atoms with Crippen molar-refractivity contribution in [2.45, 2.75) is 19.3 Å². The number of azo groups is 1. The van der Waals surface area contributed by atoms with Crippen molar-refractivity contribution in [3.05, 3.63) is 41.3 Å². The van der Waals surface area contributed by atoms with Crippen LogP contribution in [0.5, 0.6) is 0 Å². The van der Waals surface area contributed by atoms with Gasteiger partial charge < -0.3 is 10.2 Å². The Morgan fingerprint density at radius 1 is 1.21 bits per heavy atom. The van der Waals surface area contributed by atoms with E-state index in [-0.39, 0.29) is 41.3 Å². The molecule has 0 aromatic heterocycles. The first-order valence-corrected chi connectivity index (χ1v) is 5.77. The number of carboxylic acids is 1. The maximum Gasteiger partial charge on any atom is 0.337 e. The quantitative estimate of drug-likeness (QED) is 0.836. The van der Waals surface area contributed by atoms with Crippen molar-refractivity contribution in [2.75, 3.05) is 0 Å². The number of nitrogens with zero attached hydrogens (tertiary/aromatic N) is 2. The lowest BCUT2D eigenvalue weighted by Gasteiger charge is -2.19. The monoisotopic (exact) mass is 259 g/mol. The molecule has 6 heteroatoms. The van der Waals surface area contributed by atoms with E-state index in [0.717, 1.165) is 0 Å². The molecule has 19 heavy (non-hydrogen) atoms. The lowest BCUT2D eigenvalue weighted by Crippen LogP contribution is -2.17. The van der Waals surface area contributed by atoms with Gasteiger partial charge in [-0.15, -0.1) is 16.0 Å². The van der Waals surface area contributed by atoms with E-state index >= 15 is 0 Å². The molecule has 98 valence electrons. The number of carboxylic acid groups (broad SMARTS) is 1. The Kier molecular flexibility index (Phi) is 3.70. The summed E-state index contributed by atoms with van der Waals surface area (Å²) in [6.07, 6.45) is 1.09. The van der Waals surface area contributed by atoms with Crippen LogP contribution in [0, 0.1) is 0 Å². The van der Waals surface area contributed by atoms with Gasteiger partial charge in [0.15, 0.2) is 5.78 Å². The van der Waals surface area contributed by atoms with Gasteiger partial charge >= 0.3 is 5.97 Å². The van der Waals surface area contributed by atoms with E-state index in [4.69, 9.17) is 5.11 Å². The average molecular weight is 259 g/mol. The highest BCUT2D eigenvalue weighted by molar-refractivity contribution is 5.96. The maximum atomic E-state index is 11.5. The summed E-state index contributed by atoms with van der Waals surface area (Å²) in [5.41, 5.74) is -0.0947. The SMILES string of the molecule is O=C1CCCC([O-])=C1N=Nc1ccccc1C(=O)O. The number of ketones is 1. The molecule has 0 fully saturated rings. The van der Waals surface area contributed by atoms with Gasteiger partial charge in [-0.05, 0) is 25.0 Å². The van der Waals surface area contributed by atoms with Gasteiger partial charge in [0.2, 0.25) is 0 Å². The van der Waals surface area contributed by atoms with Crippen molar-refractivity contribution >= 4 is 17.4 Å². The number of carbonyl (C=O) groups excluding carboxylic acids is 1. The second-order valence-electron chi connectivity index (χ2n) is 4.07. The van der Waals surface area contributed by atoms with Gasteiger partial charge in [0.05, 0.1) is 5.56 Å². The number of carbonyl (C=O) groups is 2. The maximum absolute atomic E-state index is 11.5. The van der Waals surface area contributed by atoms with Gasteiger partial charge in [-0.25, -0.2) is 4.79 Å². The standard InChI is InChI=1S/C13H12N2O4/c16-10-6-3-7-11(17)12(10)15-14-9-5-2-1-4-8(9)13(18)19/h1-2,4-5,16H,3,6-7H2,(H,18,19)/p-1. The molecule has 0 heterocycles. The van der Waals surface area contributed by atoms with Crippen molar-refractivity contribution in [3.8, 4) is 0 Å². The van der Waals surface area contributed by atoms with Crippen LogP contribution in [0.15, 0.2) is 46.0 Å². The van der Waals surface area contributed by atoms with E-state index in [1.165, 1.54) is 12.1 Å². The molecule has 0 unspecified atom stereocenters. The minimum absolute atomic E-state index is 0.0254. The third kappa shape index (κ3) is 2.85. The van der Waals surface area contributed by atoms with Crippen molar-refractivity contribution < 1.29 is 19.8 Å². The van der Waals surface area contributed by atoms with Crippen LogP contribution in [0.2, 0.25) is 0 Å². The highest BCUT2D eigenvalue weighted by Gasteiger charge is 2.15. The van der Waals surface area contributed by atoms with Crippen LogP contribution in [-0.2, 0) is 4.79 Å². The van der Waals surface area contributed by atoms with Gasteiger partial charge in [0.25, 0.3) is 0 Å². The molecular formula is C13H11N2O4-. The van der Waals surface area contributed by atoms with Gasteiger partial charge in [-0.2, -0.15) is 0 Å². The highest BCUT2D eigenvalue weighted by atomic mass is 16.4. The molecule has 0 bridgehead atoms. The van der Waals surface area contributed by atoms with Gasteiger partial charge in [-0.3, -0.25) is 4.79 Å². The predicted octanol–water partition coefficient (Wildman–Crippen LogP) is 1.79. The lowest BCUT2D eigenvalue weighted by atomic mass is 10.0. The number of Topliss-reactive ketones (excluding diaryl/α,β-unsaturated/α-hetero) is 1. The van der Waals surface area contributed by atoms with Crippen molar-refractivity contribution in [1.82, 2.24) is 0 Å². The largest absolute Gasteiger partial charge is 0.874 e. The molecule has 1 aliphatic carbocycles. The van der Waals surface area contributed by atoms with Crippen LogP contribution in [0.4, 0.5) is 5.69 Å². The fourth-order valence-electron chi connectivity index (χ4n) is 1.76. The van der Waals surface area contributed by atoms with Crippen LogP contribution in [-0.4, -0.2) is 16.9 Å². The summed E-state index contributed by atoms with van der Waals surface area (Å²) in [5, 5.41) is 27.8. The predicted molar refractivity (Wildman–Crippen MR) is 63.8 cm³/mol. The summed E-state index contributed by atoms with van der Waals surface area (Å²) in [7, 11) is 0. The van der Waals surface area contributed by atoms with Crippen LogP contribution >= 0.6 is 0 Å². The first-order chi connectivity index (χ1) is 9.09. The minimum atomic E-state index is -1.14. The first kappa shape index (κ1) is 12.9. The average Bonchev–Trinajstić information content (AvgIpc) is 2.38. The molecule has 1 N–H and O–H groups in total. The summed E-state index contributed by atoms with van der Waals surface area (Å²) in [6.45, 7) is 0. The number of allylic oxidation sites excluding steroid dienone is 2. The van der Waals surface area contributed by atoms with Crippen molar-refractivity contribution in [1.29, 1.82) is 0 Å². The van der Waals surface area contributed by atoms with Crippen molar-refractivity contribution in [2.24, 2.45) is 10.2 Å². The first-order valence-electron chi connectivity index (χ1n) is 5.77. The molecule has 1 aromatic carbocycles. The fraction of sp³-hybridized carbons (Fsp3) is 0.231. The summed E-state index contributed by atoms with van der Waals surface area (Å²) in [4.78, 5) is 22.5. The molecule has 0 atom stereocenters. The summed E-state index contributed by atoms with van der Waals surface area (Å²) in [6, 6.07) is 6.01. The lowest BCUT2D eigenvalue weighted by molar-refractivity contribution is -0.309. The zero-order valence-electron chi connectivity index (χ0n) is 10.00.